The Hall–Kier alpha value is -3.32. The number of likely N-dealkylation sites (N-methyl/N-ethyl adjacent to an activating group) is 1. The fourth-order valence-electron chi connectivity index (χ4n) is 4.58. The van der Waals surface area contributed by atoms with Gasteiger partial charge in [-0.25, -0.2) is 0 Å². The van der Waals surface area contributed by atoms with Crippen LogP contribution in [0.15, 0.2) is 59.1 Å². The molecule has 1 fully saturated rings. The summed E-state index contributed by atoms with van der Waals surface area (Å²) in [5.41, 5.74) is 2.94. The van der Waals surface area contributed by atoms with Gasteiger partial charge in [0.25, 0.3) is 0 Å². The van der Waals surface area contributed by atoms with E-state index in [1.807, 2.05) is 66.5 Å². The van der Waals surface area contributed by atoms with Crippen LogP contribution in [-0.2, 0) is 11.2 Å². The van der Waals surface area contributed by atoms with Crippen LogP contribution in [0.1, 0.15) is 36.6 Å². The zero-order chi connectivity index (χ0) is 23.9. The van der Waals surface area contributed by atoms with E-state index >= 15 is 0 Å². The van der Waals surface area contributed by atoms with Crippen LogP contribution < -0.4 is 9.47 Å². The molecule has 1 aromatic heterocycles. The summed E-state index contributed by atoms with van der Waals surface area (Å²) >= 11 is 0. The van der Waals surface area contributed by atoms with Crippen LogP contribution in [0.5, 0.6) is 11.5 Å². The third kappa shape index (κ3) is 5.59. The molecule has 0 aliphatic carbocycles. The van der Waals surface area contributed by atoms with Crippen LogP contribution >= 0.6 is 0 Å². The van der Waals surface area contributed by atoms with E-state index in [1.54, 1.807) is 14.2 Å². The van der Waals surface area contributed by atoms with Gasteiger partial charge in [0.05, 0.1) is 26.8 Å². The zero-order valence-electron chi connectivity index (χ0n) is 20.2. The maximum atomic E-state index is 13.1. The number of hydrogen-bond acceptors (Lipinski definition) is 6. The van der Waals surface area contributed by atoms with E-state index in [4.69, 9.17) is 14.0 Å². The summed E-state index contributed by atoms with van der Waals surface area (Å²) in [6, 6.07) is 17.9. The van der Waals surface area contributed by atoms with E-state index < -0.39 is 0 Å². The fraction of sp³-hybridized carbons (Fsp3) is 0.407. The van der Waals surface area contributed by atoms with E-state index in [1.165, 1.54) is 0 Å². The molecule has 1 atom stereocenters. The Morgan fingerprint density at radius 2 is 1.97 bits per heavy atom. The lowest BCUT2D eigenvalue weighted by molar-refractivity contribution is -0.133. The van der Waals surface area contributed by atoms with E-state index in [9.17, 15) is 4.79 Å². The Morgan fingerprint density at radius 1 is 1.15 bits per heavy atom. The van der Waals surface area contributed by atoms with Crippen molar-refractivity contribution in [1.29, 1.82) is 0 Å². The molecule has 1 aliphatic heterocycles. The van der Waals surface area contributed by atoms with Gasteiger partial charge in [-0.05, 0) is 45.0 Å². The number of nitrogens with zero attached hydrogens (tertiary/aromatic N) is 3. The predicted octanol–water partition coefficient (Wildman–Crippen LogP) is 4.59. The van der Waals surface area contributed by atoms with Crippen molar-refractivity contribution in [2.45, 2.75) is 31.7 Å². The van der Waals surface area contributed by atoms with Crippen molar-refractivity contribution in [3.05, 3.63) is 65.9 Å². The van der Waals surface area contributed by atoms with Crippen LogP contribution in [0.3, 0.4) is 0 Å². The number of benzene rings is 2. The summed E-state index contributed by atoms with van der Waals surface area (Å²) in [5, 5.41) is 4.18. The van der Waals surface area contributed by atoms with Gasteiger partial charge < -0.3 is 18.9 Å². The Labute approximate surface area is 201 Å². The van der Waals surface area contributed by atoms with Gasteiger partial charge in [0, 0.05) is 36.2 Å². The van der Waals surface area contributed by atoms with E-state index in [-0.39, 0.29) is 11.9 Å². The molecule has 180 valence electrons. The number of likely N-dealkylation sites (tertiary alicyclic amines) is 1. The SMILES string of the molecule is COc1ccc(C2CCCN2C(=O)CN(C)CCCc2cc(-c3ccccc3)no2)c(OC)c1. The number of amides is 1. The molecule has 0 saturated carbocycles. The highest BCUT2D eigenvalue weighted by atomic mass is 16.5. The van der Waals surface area contributed by atoms with Crippen LogP contribution in [0, 0.1) is 0 Å². The molecular formula is C27H33N3O4. The molecule has 7 nitrogen and oxygen atoms in total. The Kier molecular flexibility index (Phi) is 7.85. The van der Waals surface area contributed by atoms with Gasteiger partial charge in [-0.15, -0.1) is 0 Å². The Bertz CT molecular complexity index is 1080. The largest absolute Gasteiger partial charge is 0.497 e. The fourth-order valence-corrected chi connectivity index (χ4v) is 4.58. The first-order valence-corrected chi connectivity index (χ1v) is 11.8. The number of ether oxygens (including phenoxy) is 2. The average Bonchev–Trinajstić information content (AvgIpc) is 3.54. The summed E-state index contributed by atoms with van der Waals surface area (Å²) in [7, 11) is 5.29. The minimum absolute atomic E-state index is 0.0346. The Morgan fingerprint density at radius 3 is 2.74 bits per heavy atom. The normalized spacial score (nSPS) is 15.6. The molecule has 1 aliphatic rings. The molecule has 34 heavy (non-hydrogen) atoms. The summed E-state index contributed by atoms with van der Waals surface area (Å²) in [6.07, 6.45) is 3.61. The summed E-state index contributed by atoms with van der Waals surface area (Å²) in [6.45, 7) is 1.96. The van der Waals surface area contributed by atoms with E-state index in [0.717, 1.165) is 72.9 Å². The maximum absolute atomic E-state index is 13.1. The predicted molar refractivity (Wildman–Crippen MR) is 131 cm³/mol. The molecular weight excluding hydrogens is 430 g/mol. The highest BCUT2D eigenvalue weighted by molar-refractivity contribution is 5.79. The van der Waals surface area contributed by atoms with Crippen LogP contribution in [0.25, 0.3) is 11.3 Å². The van der Waals surface area contributed by atoms with Crippen LogP contribution in [-0.4, -0.2) is 61.8 Å². The maximum Gasteiger partial charge on any atom is 0.237 e. The number of carbonyl (C=O) groups is 1. The highest BCUT2D eigenvalue weighted by Gasteiger charge is 2.32. The lowest BCUT2D eigenvalue weighted by atomic mass is 10.0. The molecule has 0 N–H and O–H groups in total. The number of hydrogen-bond donors (Lipinski definition) is 0. The average molecular weight is 464 g/mol. The van der Waals surface area contributed by atoms with E-state index in [2.05, 4.69) is 10.1 Å². The highest BCUT2D eigenvalue weighted by Crippen LogP contribution is 2.38. The monoisotopic (exact) mass is 463 g/mol. The van der Waals surface area contributed by atoms with Gasteiger partial charge in [-0.2, -0.15) is 0 Å². The standard InChI is InChI=1S/C27H33N3O4/c1-29(15-7-11-22-17-24(28-34-22)20-9-5-4-6-10-20)19-27(31)30-16-8-12-25(30)23-14-13-21(32-2)18-26(23)33-3/h4-6,9-10,13-14,17-18,25H,7-8,11-12,15-16,19H2,1-3H3. The molecule has 3 aromatic rings. The number of methoxy groups -OCH3 is 2. The molecule has 0 radical (unpaired) electrons. The number of carbonyl (C=O) groups excluding carboxylic acids is 1. The van der Waals surface area contributed by atoms with E-state index in [0.29, 0.717) is 6.54 Å². The lowest BCUT2D eigenvalue weighted by Crippen LogP contribution is -2.39. The van der Waals surface area contributed by atoms with Crippen molar-refractivity contribution in [2.75, 3.05) is 40.9 Å². The molecule has 0 bridgehead atoms. The van der Waals surface area contributed by atoms with Crippen LogP contribution in [0.2, 0.25) is 0 Å². The van der Waals surface area contributed by atoms with Gasteiger partial charge in [0.1, 0.15) is 23.0 Å². The van der Waals surface area contributed by atoms with Crippen LogP contribution in [0.4, 0.5) is 0 Å². The van der Waals surface area contributed by atoms with Crippen molar-refractivity contribution in [3.8, 4) is 22.8 Å². The topological polar surface area (TPSA) is 68.0 Å². The third-order valence-electron chi connectivity index (χ3n) is 6.37. The molecule has 4 rings (SSSR count). The first-order valence-electron chi connectivity index (χ1n) is 11.8. The quantitative estimate of drug-likeness (QED) is 0.438. The molecule has 0 spiro atoms. The summed E-state index contributed by atoms with van der Waals surface area (Å²) in [5.74, 6) is 2.52. The van der Waals surface area contributed by atoms with Gasteiger partial charge in [-0.3, -0.25) is 9.69 Å². The van der Waals surface area contributed by atoms with Crippen molar-refractivity contribution < 1.29 is 18.8 Å². The number of rotatable bonds is 10. The second-order valence-electron chi connectivity index (χ2n) is 8.74. The van der Waals surface area contributed by atoms with Crippen molar-refractivity contribution >= 4 is 5.91 Å². The van der Waals surface area contributed by atoms with Crippen molar-refractivity contribution in [1.82, 2.24) is 15.0 Å². The van der Waals surface area contributed by atoms with Gasteiger partial charge in [-0.1, -0.05) is 35.5 Å². The second-order valence-corrected chi connectivity index (χ2v) is 8.74. The summed E-state index contributed by atoms with van der Waals surface area (Å²) < 4.78 is 16.4. The second kappa shape index (κ2) is 11.2. The summed E-state index contributed by atoms with van der Waals surface area (Å²) in [4.78, 5) is 17.2. The van der Waals surface area contributed by atoms with Gasteiger partial charge in [0.2, 0.25) is 5.91 Å². The number of aromatic nitrogens is 1. The molecule has 2 aromatic carbocycles. The molecule has 1 saturated heterocycles. The lowest BCUT2D eigenvalue weighted by Gasteiger charge is -2.28. The van der Waals surface area contributed by atoms with Gasteiger partial charge in [0.15, 0.2) is 0 Å². The Balaban J connectivity index is 1.29. The van der Waals surface area contributed by atoms with Crippen molar-refractivity contribution in [3.63, 3.8) is 0 Å². The zero-order valence-corrected chi connectivity index (χ0v) is 20.2. The molecule has 7 heteroatoms. The minimum atomic E-state index is 0.0346. The third-order valence-corrected chi connectivity index (χ3v) is 6.37. The van der Waals surface area contributed by atoms with Crippen molar-refractivity contribution in [2.24, 2.45) is 0 Å². The molecule has 1 amide bonds. The van der Waals surface area contributed by atoms with Gasteiger partial charge >= 0.3 is 0 Å². The first kappa shape index (κ1) is 23.8. The number of aryl methyl sites for hydroxylation is 1. The smallest absolute Gasteiger partial charge is 0.237 e. The first-order chi connectivity index (χ1) is 16.6. The minimum Gasteiger partial charge on any atom is -0.497 e. The molecule has 2 heterocycles. The molecule has 1 unspecified atom stereocenters.